The Bertz CT molecular complexity index is 1070. The summed E-state index contributed by atoms with van der Waals surface area (Å²) >= 11 is 5.99. The summed E-state index contributed by atoms with van der Waals surface area (Å²) in [7, 11) is 3.01. The summed E-state index contributed by atoms with van der Waals surface area (Å²) in [6.45, 7) is 0. The van der Waals surface area contributed by atoms with Gasteiger partial charge in [0, 0.05) is 35.9 Å². The second kappa shape index (κ2) is 11.2. The van der Waals surface area contributed by atoms with Gasteiger partial charge in [-0.05, 0) is 55.7 Å². The standard InChI is InChI=1S/C26H28ClNO5/c1-32-21-8-10-24(33-2)22(16-21)23(29)9-11-25(30)28-20-7-4-13-26(31,17-20)14-12-18-5-3-6-19(27)15-18/h3,5-6,8,10,15-16,20,31H,4,7,9,11,13,17H2,1-2H3,(H,28,30)/t20-,26+/m0/s1. The van der Waals surface area contributed by atoms with Gasteiger partial charge in [0.05, 0.1) is 19.8 Å². The number of amides is 1. The molecule has 0 bridgehead atoms. The Morgan fingerprint density at radius 1 is 1.18 bits per heavy atom. The Hall–Kier alpha value is -3.01. The van der Waals surface area contributed by atoms with E-state index in [0.717, 1.165) is 18.4 Å². The number of hydrogen-bond acceptors (Lipinski definition) is 5. The van der Waals surface area contributed by atoms with Crippen LogP contribution in [0.2, 0.25) is 5.02 Å². The van der Waals surface area contributed by atoms with Crippen molar-refractivity contribution in [2.24, 2.45) is 0 Å². The van der Waals surface area contributed by atoms with Crippen LogP contribution in [0.5, 0.6) is 11.5 Å². The number of ether oxygens (including phenoxy) is 2. The lowest BCUT2D eigenvalue weighted by atomic mass is 9.82. The van der Waals surface area contributed by atoms with E-state index >= 15 is 0 Å². The van der Waals surface area contributed by atoms with E-state index in [1.54, 1.807) is 30.3 Å². The minimum absolute atomic E-state index is 0.0426. The molecule has 0 aromatic heterocycles. The van der Waals surface area contributed by atoms with E-state index < -0.39 is 5.60 Å². The maximum absolute atomic E-state index is 12.7. The van der Waals surface area contributed by atoms with Gasteiger partial charge in [-0.1, -0.05) is 29.5 Å². The maximum atomic E-state index is 12.7. The molecule has 2 aromatic carbocycles. The molecule has 1 fully saturated rings. The van der Waals surface area contributed by atoms with Gasteiger partial charge in [-0.3, -0.25) is 9.59 Å². The lowest BCUT2D eigenvalue weighted by molar-refractivity contribution is -0.122. The number of carbonyl (C=O) groups excluding carboxylic acids is 2. The molecule has 0 spiro atoms. The molecule has 2 aromatic rings. The molecule has 3 rings (SSSR count). The molecule has 1 amide bonds. The second-order valence-corrected chi connectivity index (χ2v) is 8.58. The number of halogens is 1. The quantitative estimate of drug-likeness (QED) is 0.470. The first kappa shape index (κ1) is 24.6. The van der Waals surface area contributed by atoms with Gasteiger partial charge in [0.15, 0.2) is 5.78 Å². The molecule has 0 radical (unpaired) electrons. The molecule has 1 aliphatic rings. The number of aliphatic hydroxyl groups is 1. The fourth-order valence-electron chi connectivity index (χ4n) is 3.94. The third kappa shape index (κ3) is 6.98. The lowest BCUT2D eigenvalue weighted by Crippen LogP contribution is -2.45. The van der Waals surface area contributed by atoms with E-state index in [4.69, 9.17) is 21.1 Å². The summed E-state index contributed by atoms with van der Waals surface area (Å²) in [5.41, 5.74) is -0.0657. The van der Waals surface area contributed by atoms with E-state index in [-0.39, 0.29) is 30.6 Å². The summed E-state index contributed by atoms with van der Waals surface area (Å²) in [6.07, 6.45) is 2.46. The Labute approximate surface area is 199 Å². The molecule has 6 nitrogen and oxygen atoms in total. The number of hydrogen-bond donors (Lipinski definition) is 2. The maximum Gasteiger partial charge on any atom is 0.220 e. The van der Waals surface area contributed by atoms with Gasteiger partial charge in [0.2, 0.25) is 5.91 Å². The molecule has 0 unspecified atom stereocenters. The van der Waals surface area contributed by atoms with Gasteiger partial charge in [-0.2, -0.15) is 0 Å². The monoisotopic (exact) mass is 469 g/mol. The lowest BCUT2D eigenvalue weighted by Gasteiger charge is -2.33. The molecular formula is C26H28ClNO5. The van der Waals surface area contributed by atoms with Gasteiger partial charge in [0.25, 0.3) is 0 Å². The van der Waals surface area contributed by atoms with E-state index in [2.05, 4.69) is 17.2 Å². The zero-order valence-electron chi connectivity index (χ0n) is 18.8. The van der Waals surface area contributed by atoms with Gasteiger partial charge >= 0.3 is 0 Å². The van der Waals surface area contributed by atoms with Crippen LogP contribution >= 0.6 is 11.6 Å². The first-order chi connectivity index (χ1) is 15.8. The Kier molecular flexibility index (Phi) is 8.37. The highest BCUT2D eigenvalue weighted by molar-refractivity contribution is 6.30. The SMILES string of the molecule is COc1ccc(OC)c(C(=O)CCC(=O)N[C@H]2CCC[C@@](O)(C#Cc3cccc(Cl)c3)C2)c1. The van der Waals surface area contributed by atoms with Crippen molar-refractivity contribution in [2.45, 2.75) is 50.2 Å². The van der Waals surface area contributed by atoms with Crippen LogP contribution in [0.3, 0.4) is 0 Å². The highest BCUT2D eigenvalue weighted by Gasteiger charge is 2.33. The van der Waals surface area contributed by atoms with Crippen LogP contribution in [0.15, 0.2) is 42.5 Å². The van der Waals surface area contributed by atoms with Crippen molar-refractivity contribution < 1.29 is 24.2 Å². The summed E-state index contributed by atoms with van der Waals surface area (Å²) in [5, 5.41) is 14.5. The molecule has 0 heterocycles. The predicted molar refractivity (Wildman–Crippen MR) is 127 cm³/mol. The zero-order valence-corrected chi connectivity index (χ0v) is 19.6. The number of nitrogens with one attached hydrogen (secondary N) is 1. The fraction of sp³-hybridized carbons (Fsp3) is 0.385. The molecular weight excluding hydrogens is 442 g/mol. The van der Waals surface area contributed by atoms with E-state index in [0.29, 0.717) is 34.9 Å². The first-order valence-corrected chi connectivity index (χ1v) is 11.3. The molecule has 0 saturated heterocycles. The molecule has 1 aliphatic carbocycles. The molecule has 2 atom stereocenters. The summed E-state index contributed by atoms with van der Waals surface area (Å²) in [6, 6.07) is 11.9. The van der Waals surface area contributed by atoms with Crippen LogP contribution in [-0.4, -0.2) is 42.7 Å². The molecule has 7 heteroatoms. The normalized spacial score (nSPS) is 19.7. The highest BCUT2D eigenvalue weighted by atomic mass is 35.5. The van der Waals surface area contributed by atoms with Crippen LogP contribution < -0.4 is 14.8 Å². The third-order valence-electron chi connectivity index (χ3n) is 5.64. The third-order valence-corrected chi connectivity index (χ3v) is 5.88. The van der Waals surface area contributed by atoms with Crippen molar-refractivity contribution >= 4 is 23.3 Å². The smallest absolute Gasteiger partial charge is 0.220 e. The summed E-state index contributed by atoms with van der Waals surface area (Å²) in [4.78, 5) is 25.2. The molecule has 1 saturated carbocycles. The number of rotatable bonds is 7. The predicted octanol–water partition coefficient (Wildman–Crippen LogP) is 4.16. The van der Waals surface area contributed by atoms with Gasteiger partial charge < -0.3 is 19.9 Å². The molecule has 33 heavy (non-hydrogen) atoms. The molecule has 0 aliphatic heterocycles. The number of methoxy groups -OCH3 is 2. The molecule has 174 valence electrons. The van der Waals surface area contributed by atoms with Crippen LogP contribution in [0.4, 0.5) is 0 Å². The van der Waals surface area contributed by atoms with Gasteiger partial charge in [-0.25, -0.2) is 0 Å². The Balaban J connectivity index is 1.56. The number of carbonyl (C=O) groups is 2. The van der Waals surface area contributed by atoms with Crippen molar-refractivity contribution in [1.29, 1.82) is 0 Å². The van der Waals surface area contributed by atoms with Crippen molar-refractivity contribution in [3.05, 3.63) is 58.6 Å². The summed E-state index contributed by atoms with van der Waals surface area (Å²) < 4.78 is 10.4. The number of ketones is 1. The Morgan fingerprint density at radius 3 is 2.73 bits per heavy atom. The van der Waals surface area contributed by atoms with E-state index in [1.165, 1.54) is 14.2 Å². The van der Waals surface area contributed by atoms with Crippen LogP contribution in [0.25, 0.3) is 0 Å². The van der Waals surface area contributed by atoms with Crippen LogP contribution in [0.1, 0.15) is 54.4 Å². The van der Waals surface area contributed by atoms with E-state index in [1.807, 2.05) is 12.1 Å². The topological polar surface area (TPSA) is 84.9 Å². The van der Waals surface area contributed by atoms with Crippen LogP contribution in [-0.2, 0) is 4.79 Å². The second-order valence-electron chi connectivity index (χ2n) is 8.14. The van der Waals surface area contributed by atoms with Crippen molar-refractivity contribution in [3.63, 3.8) is 0 Å². The van der Waals surface area contributed by atoms with Gasteiger partial charge in [-0.15, -0.1) is 0 Å². The Morgan fingerprint density at radius 2 is 2.00 bits per heavy atom. The van der Waals surface area contributed by atoms with Crippen molar-refractivity contribution in [3.8, 4) is 23.3 Å². The largest absolute Gasteiger partial charge is 0.497 e. The number of Topliss-reactive ketones (excluding diaryl/α,β-unsaturated/α-hetero) is 1. The van der Waals surface area contributed by atoms with Gasteiger partial charge in [0.1, 0.15) is 17.1 Å². The first-order valence-electron chi connectivity index (χ1n) is 10.9. The molecule has 2 N–H and O–H groups in total. The average Bonchev–Trinajstić information content (AvgIpc) is 2.81. The zero-order chi connectivity index (χ0) is 23.8. The van der Waals surface area contributed by atoms with E-state index in [9.17, 15) is 14.7 Å². The number of benzene rings is 2. The minimum atomic E-state index is -1.18. The highest BCUT2D eigenvalue weighted by Crippen LogP contribution is 2.29. The van der Waals surface area contributed by atoms with Crippen LogP contribution in [0, 0.1) is 11.8 Å². The average molecular weight is 470 g/mol. The fourth-order valence-corrected chi connectivity index (χ4v) is 4.13. The minimum Gasteiger partial charge on any atom is -0.497 e. The summed E-state index contributed by atoms with van der Waals surface area (Å²) in [5.74, 6) is 6.49. The van der Waals surface area contributed by atoms with Crippen molar-refractivity contribution in [2.75, 3.05) is 14.2 Å². The van der Waals surface area contributed by atoms with Crippen molar-refractivity contribution in [1.82, 2.24) is 5.32 Å².